The summed E-state index contributed by atoms with van der Waals surface area (Å²) in [5.41, 5.74) is 3.02. The van der Waals surface area contributed by atoms with Crippen LogP contribution < -0.4 is 18.9 Å². The summed E-state index contributed by atoms with van der Waals surface area (Å²) in [6.07, 6.45) is 6.07. The standard InChI is InChI=1S/C24H26O5/c1-26-20-10-6-11-21(27-2)18(20)14-16-8-5-9-17(24(16)25)15-19-22(28-3)12-7-13-23(19)29-4/h6-7,10-15H,5,8-9H2,1-4H3. The average molecular weight is 394 g/mol. The van der Waals surface area contributed by atoms with Crippen LogP contribution in [0.2, 0.25) is 0 Å². The Labute approximate surface area is 171 Å². The highest BCUT2D eigenvalue weighted by molar-refractivity contribution is 6.14. The zero-order valence-electron chi connectivity index (χ0n) is 17.3. The van der Waals surface area contributed by atoms with Gasteiger partial charge in [0.1, 0.15) is 23.0 Å². The summed E-state index contributed by atoms with van der Waals surface area (Å²) < 4.78 is 21.9. The van der Waals surface area contributed by atoms with Crippen LogP contribution in [0.25, 0.3) is 12.2 Å². The molecule has 1 aliphatic rings. The van der Waals surface area contributed by atoms with Crippen molar-refractivity contribution in [2.75, 3.05) is 28.4 Å². The Morgan fingerprint density at radius 1 is 0.655 bits per heavy atom. The Balaban J connectivity index is 2.03. The molecule has 1 saturated carbocycles. The number of ketones is 1. The fraction of sp³-hybridized carbons (Fsp3) is 0.292. The van der Waals surface area contributed by atoms with Gasteiger partial charge in [0.2, 0.25) is 0 Å². The van der Waals surface area contributed by atoms with E-state index in [1.165, 1.54) is 0 Å². The second-order valence-electron chi connectivity index (χ2n) is 6.67. The predicted octanol–water partition coefficient (Wildman–Crippen LogP) is 4.94. The molecular weight excluding hydrogens is 368 g/mol. The SMILES string of the molecule is COc1cccc(OC)c1C=C1CCCC(=Cc2c(OC)cccc2OC)C1=O. The fourth-order valence-electron chi connectivity index (χ4n) is 3.57. The van der Waals surface area contributed by atoms with Gasteiger partial charge in [-0.25, -0.2) is 0 Å². The molecule has 29 heavy (non-hydrogen) atoms. The summed E-state index contributed by atoms with van der Waals surface area (Å²) in [4.78, 5) is 13.2. The van der Waals surface area contributed by atoms with Crippen LogP contribution in [0, 0.1) is 0 Å². The maximum absolute atomic E-state index is 13.2. The number of benzene rings is 2. The van der Waals surface area contributed by atoms with Crippen LogP contribution in [0.4, 0.5) is 0 Å². The highest BCUT2D eigenvalue weighted by Crippen LogP contribution is 2.36. The van der Waals surface area contributed by atoms with Crippen LogP contribution in [0.1, 0.15) is 30.4 Å². The quantitative estimate of drug-likeness (QED) is 0.650. The minimum Gasteiger partial charge on any atom is -0.496 e. The number of carbonyl (C=O) groups is 1. The van der Waals surface area contributed by atoms with E-state index in [0.29, 0.717) is 35.8 Å². The van der Waals surface area contributed by atoms with E-state index >= 15 is 0 Å². The normalized spacial score (nSPS) is 16.8. The summed E-state index contributed by atoms with van der Waals surface area (Å²) in [5, 5.41) is 0. The van der Waals surface area contributed by atoms with Crippen molar-refractivity contribution in [2.45, 2.75) is 19.3 Å². The van der Waals surface area contributed by atoms with Gasteiger partial charge in [-0.3, -0.25) is 4.79 Å². The van der Waals surface area contributed by atoms with Gasteiger partial charge in [-0.05, 0) is 55.7 Å². The largest absolute Gasteiger partial charge is 0.496 e. The van der Waals surface area contributed by atoms with Crippen LogP contribution in [0.3, 0.4) is 0 Å². The second-order valence-corrected chi connectivity index (χ2v) is 6.67. The molecule has 0 unspecified atom stereocenters. The van der Waals surface area contributed by atoms with Gasteiger partial charge in [0.05, 0.1) is 39.6 Å². The molecule has 0 aliphatic heterocycles. The van der Waals surface area contributed by atoms with Crippen molar-refractivity contribution in [2.24, 2.45) is 0 Å². The van der Waals surface area contributed by atoms with E-state index in [2.05, 4.69) is 0 Å². The number of hydrogen-bond acceptors (Lipinski definition) is 5. The third-order valence-corrected chi connectivity index (χ3v) is 5.04. The minimum absolute atomic E-state index is 0.0252. The molecule has 5 heteroatoms. The topological polar surface area (TPSA) is 54.0 Å². The molecule has 1 fully saturated rings. The highest BCUT2D eigenvalue weighted by Gasteiger charge is 2.23. The van der Waals surface area contributed by atoms with Crippen LogP contribution in [-0.4, -0.2) is 34.2 Å². The number of methoxy groups -OCH3 is 4. The lowest BCUT2D eigenvalue weighted by atomic mass is 9.86. The van der Waals surface area contributed by atoms with Crippen molar-refractivity contribution in [3.05, 3.63) is 58.7 Å². The zero-order chi connectivity index (χ0) is 20.8. The number of allylic oxidation sites excluding steroid dienone is 2. The smallest absolute Gasteiger partial charge is 0.185 e. The van der Waals surface area contributed by atoms with Crippen LogP contribution in [0.15, 0.2) is 47.5 Å². The molecule has 0 bridgehead atoms. The summed E-state index contributed by atoms with van der Waals surface area (Å²) in [6.45, 7) is 0. The minimum atomic E-state index is 0.0252. The first-order valence-electron chi connectivity index (χ1n) is 9.50. The monoisotopic (exact) mass is 394 g/mol. The third kappa shape index (κ3) is 4.29. The van der Waals surface area contributed by atoms with E-state index in [4.69, 9.17) is 18.9 Å². The van der Waals surface area contributed by atoms with Crippen molar-refractivity contribution in [1.82, 2.24) is 0 Å². The molecule has 0 N–H and O–H groups in total. The molecule has 2 aromatic rings. The molecule has 0 radical (unpaired) electrons. The van der Waals surface area contributed by atoms with Crippen molar-refractivity contribution in [1.29, 1.82) is 0 Å². The molecule has 0 saturated heterocycles. The number of rotatable bonds is 6. The molecule has 2 aromatic carbocycles. The molecule has 0 spiro atoms. The number of ether oxygens (including phenoxy) is 4. The first-order valence-corrected chi connectivity index (χ1v) is 9.50. The van der Waals surface area contributed by atoms with Gasteiger partial charge >= 0.3 is 0 Å². The van der Waals surface area contributed by atoms with E-state index in [9.17, 15) is 4.79 Å². The van der Waals surface area contributed by atoms with Gasteiger partial charge in [0.25, 0.3) is 0 Å². The highest BCUT2D eigenvalue weighted by atomic mass is 16.5. The average Bonchev–Trinajstić information content (AvgIpc) is 2.76. The number of hydrogen-bond donors (Lipinski definition) is 0. The van der Waals surface area contributed by atoms with E-state index < -0.39 is 0 Å². The molecular formula is C24H26O5. The summed E-state index contributed by atoms with van der Waals surface area (Å²) in [5.74, 6) is 2.72. The van der Waals surface area contributed by atoms with Crippen LogP contribution in [0.5, 0.6) is 23.0 Å². The molecule has 0 aromatic heterocycles. The Kier molecular flexibility index (Phi) is 6.60. The fourth-order valence-corrected chi connectivity index (χ4v) is 3.57. The number of Topliss-reactive ketones (excluding diaryl/α,β-unsaturated/α-hetero) is 1. The van der Waals surface area contributed by atoms with Crippen LogP contribution in [-0.2, 0) is 4.79 Å². The van der Waals surface area contributed by atoms with E-state index in [0.717, 1.165) is 28.7 Å². The van der Waals surface area contributed by atoms with Gasteiger partial charge < -0.3 is 18.9 Å². The second kappa shape index (κ2) is 9.32. The summed E-state index contributed by atoms with van der Waals surface area (Å²) in [7, 11) is 6.44. The maximum Gasteiger partial charge on any atom is 0.185 e. The Hall–Kier alpha value is -3.21. The predicted molar refractivity (Wildman–Crippen MR) is 114 cm³/mol. The first kappa shape index (κ1) is 20.5. The third-order valence-electron chi connectivity index (χ3n) is 5.04. The van der Waals surface area contributed by atoms with E-state index in [1.807, 2.05) is 48.6 Å². The Bertz CT molecular complexity index is 836. The van der Waals surface area contributed by atoms with E-state index in [1.54, 1.807) is 28.4 Å². The van der Waals surface area contributed by atoms with Gasteiger partial charge in [0, 0.05) is 11.1 Å². The van der Waals surface area contributed by atoms with Crippen molar-refractivity contribution in [3.63, 3.8) is 0 Å². The first-order chi connectivity index (χ1) is 14.1. The molecule has 0 amide bonds. The lowest BCUT2D eigenvalue weighted by Gasteiger charge is -2.19. The molecule has 0 heterocycles. The van der Waals surface area contributed by atoms with Crippen molar-refractivity contribution >= 4 is 17.9 Å². The molecule has 1 aliphatic carbocycles. The summed E-state index contributed by atoms with van der Waals surface area (Å²) >= 11 is 0. The molecule has 152 valence electrons. The number of carbonyl (C=O) groups excluding carboxylic acids is 1. The van der Waals surface area contributed by atoms with Crippen LogP contribution >= 0.6 is 0 Å². The summed E-state index contributed by atoms with van der Waals surface area (Å²) in [6, 6.07) is 11.2. The molecule has 3 rings (SSSR count). The lowest BCUT2D eigenvalue weighted by molar-refractivity contribution is -0.112. The lowest BCUT2D eigenvalue weighted by Crippen LogP contribution is -2.12. The Morgan fingerprint density at radius 3 is 1.31 bits per heavy atom. The molecule has 0 atom stereocenters. The Morgan fingerprint density at radius 2 is 1.00 bits per heavy atom. The van der Waals surface area contributed by atoms with Crippen molar-refractivity contribution in [3.8, 4) is 23.0 Å². The van der Waals surface area contributed by atoms with Gasteiger partial charge in [0.15, 0.2) is 5.78 Å². The van der Waals surface area contributed by atoms with Gasteiger partial charge in [-0.2, -0.15) is 0 Å². The molecule has 5 nitrogen and oxygen atoms in total. The van der Waals surface area contributed by atoms with Gasteiger partial charge in [-0.1, -0.05) is 12.1 Å². The zero-order valence-corrected chi connectivity index (χ0v) is 17.3. The van der Waals surface area contributed by atoms with Crippen molar-refractivity contribution < 1.29 is 23.7 Å². The maximum atomic E-state index is 13.2. The van der Waals surface area contributed by atoms with Gasteiger partial charge in [-0.15, -0.1) is 0 Å². The van der Waals surface area contributed by atoms with E-state index in [-0.39, 0.29) is 5.78 Å².